The summed E-state index contributed by atoms with van der Waals surface area (Å²) in [6.07, 6.45) is 0.112. The van der Waals surface area contributed by atoms with Crippen molar-refractivity contribution in [2.45, 2.75) is 6.42 Å². The van der Waals surface area contributed by atoms with Crippen LogP contribution >= 0.6 is 0 Å². The summed E-state index contributed by atoms with van der Waals surface area (Å²) in [5.41, 5.74) is 0.843. The number of hydrogen-bond donors (Lipinski definition) is 1. The Morgan fingerprint density at radius 2 is 1.91 bits per heavy atom. The van der Waals surface area contributed by atoms with Gasteiger partial charge in [0.05, 0.1) is 6.42 Å². The molecule has 0 fully saturated rings. The third kappa shape index (κ3) is 4.01. The van der Waals surface area contributed by atoms with Gasteiger partial charge in [-0.3, -0.25) is 4.79 Å². The summed E-state index contributed by atoms with van der Waals surface area (Å²) in [6.45, 7) is 0. The fourth-order valence-corrected chi connectivity index (χ4v) is 0.770. The summed E-state index contributed by atoms with van der Waals surface area (Å²) in [7, 11) is 0. The summed E-state index contributed by atoms with van der Waals surface area (Å²) in [4.78, 5) is 10.2. The van der Waals surface area contributed by atoms with E-state index in [-0.39, 0.29) is 32.3 Å². The van der Waals surface area contributed by atoms with Crippen molar-refractivity contribution in [2.24, 2.45) is 0 Å². The first-order valence-corrected chi connectivity index (χ1v) is 3.05. The van der Waals surface area contributed by atoms with Crippen molar-refractivity contribution in [3.8, 4) is 0 Å². The van der Waals surface area contributed by atoms with Crippen molar-refractivity contribution in [1.29, 1.82) is 0 Å². The molecule has 11 heavy (non-hydrogen) atoms. The Balaban J connectivity index is -0.000000333. The van der Waals surface area contributed by atoms with Gasteiger partial charge in [-0.2, -0.15) is 0 Å². The topological polar surface area (TPSA) is 37.3 Å². The van der Waals surface area contributed by atoms with E-state index >= 15 is 0 Å². The smallest absolute Gasteiger partial charge is 1.00 e. The molecule has 0 saturated carbocycles. The maximum absolute atomic E-state index is 10.2. The van der Waals surface area contributed by atoms with Crippen LogP contribution in [0.25, 0.3) is 0 Å². The van der Waals surface area contributed by atoms with E-state index in [4.69, 9.17) is 5.11 Å². The normalized spacial score (nSPS) is 8.36. The predicted octanol–water partition coefficient (Wildman–Crippen LogP) is 1.16. The largest absolute Gasteiger partial charge is 2.00 e. The molecule has 0 unspecified atom stereocenters. The second-order valence-electron chi connectivity index (χ2n) is 2.06. The van der Waals surface area contributed by atoms with Crippen molar-refractivity contribution in [3.05, 3.63) is 35.9 Å². The Morgan fingerprint density at radius 1 is 1.36 bits per heavy atom. The van der Waals surface area contributed by atoms with Crippen LogP contribution in [0.5, 0.6) is 0 Å². The summed E-state index contributed by atoms with van der Waals surface area (Å²) >= 11 is 0. The number of carbonyl (C=O) groups is 1. The van der Waals surface area contributed by atoms with Crippen molar-refractivity contribution < 1.29 is 12.8 Å². The van der Waals surface area contributed by atoms with E-state index in [1.165, 1.54) is 0 Å². The van der Waals surface area contributed by atoms with Crippen LogP contribution in [-0.2, 0) is 11.2 Å². The van der Waals surface area contributed by atoms with Gasteiger partial charge in [-0.15, -0.1) is 0 Å². The van der Waals surface area contributed by atoms with E-state index in [1.54, 1.807) is 12.1 Å². The standard InChI is InChI=1S/C8H8O2.Mg.2H/c9-8(10)6-7-4-2-1-3-5-7;;;/h1-5H,6H2,(H,9,10);;;/q;+2;2*-1. The van der Waals surface area contributed by atoms with Crippen molar-refractivity contribution in [2.75, 3.05) is 0 Å². The Hall–Kier alpha value is -0.544. The van der Waals surface area contributed by atoms with E-state index in [1.807, 2.05) is 18.2 Å². The fraction of sp³-hybridized carbons (Fsp3) is 0.125. The molecule has 56 valence electrons. The van der Waals surface area contributed by atoms with Gasteiger partial charge < -0.3 is 7.96 Å². The van der Waals surface area contributed by atoms with Crippen LogP contribution in [0, 0.1) is 0 Å². The van der Waals surface area contributed by atoms with E-state index in [9.17, 15) is 4.79 Å². The number of carboxylic acid groups (broad SMARTS) is 1. The molecule has 0 heterocycles. The molecule has 0 radical (unpaired) electrons. The number of aliphatic carboxylic acids is 1. The minimum atomic E-state index is -0.786. The minimum absolute atomic E-state index is 0. The molecule has 1 N–H and O–H groups in total. The molecule has 1 rings (SSSR count). The third-order valence-electron chi connectivity index (χ3n) is 1.20. The second kappa shape index (κ2) is 5.15. The van der Waals surface area contributed by atoms with Gasteiger partial charge in [0.2, 0.25) is 0 Å². The fourth-order valence-electron chi connectivity index (χ4n) is 0.770. The summed E-state index contributed by atoms with van der Waals surface area (Å²) in [5.74, 6) is -0.786. The summed E-state index contributed by atoms with van der Waals surface area (Å²) < 4.78 is 0. The first kappa shape index (κ1) is 10.5. The van der Waals surface area contributed by atoms with E-state index in [0.717, 1.165) is 5.56 Å². The first-order valence-electron chi connectivity index (χ1n) is 3.05. The van der Waals surface area contributed by atoms with Crippen molar-refractivity contribution in [1.82, 2.24) is 0 Å². The molecule has 0 amide bonds. The molecular formula is C8H10MgO2. The second-order valence-corrected chi connectivity index (χ2v) is 2.06. The molecule has 0 aliphatic rings. The molecule has 0 spiro atoms. The molecule has 1 aromatic rings. The van der Waals surface area contributed by atoms with Crippen LogP contribution in [0.4, 0.5) is 0 Å². The van der Waals surface area contributed by atoms with Crippen LogP contribution in [0.15, 0.2) is 30.3 Å². The molecule has 0 aliphatic heterocycles. The van der Waals surface area contributed by atoms with Gasteiger partial charge >= 0.3 is 29.0 Å². The third-order valence-corrected chi connectivity index (χ3v) is 1.20. The van der Waals surface area contributed by atoms with Crippen LogP contribution < -0.4 is 0 Å². The van der Waals surface area contributed by atoms with Gasteiger partial charge in [-0.1, -0.05) is 30.3 Å². The zero-order valence-corrected chi connectivity index (χ0v) is 7.57. The van der Waals surface area contributed by atoms with Crippen molar-refractivity contribution >= 4 is 29.0 Å². The van der Waals surface area contributed by atoms with E-state index in [0.29, 0.717) is 0 Å². The molecule has 0 aromatic heterocycles. The number of benzene rings is 1. The Morgan fingerprint density at radius 3 is 2.36 bits per heavy atom. The monoisotopic (exact) mass is 162 g/mol. The number of hydrogen-bond acceptors (Lipinski definition) is 1. The van der Waals surface area contributed by atoms with Crippen molar-refractivity contribution in [3.63, 3.8) is 0 Å². The SMILES string of the molecule is O=C(O)Cc1ccccc1.[H-].[H-].[Mg+2]. The van der Waals surface area contributed by atoms with Crippen LogP contribution in [-0.4, -0.2) is 34.1 Å². The van der Waals surface area contributed by atoms with Gasteiger partial charge in [-0.25, -0.2) is 0 Å². The van der Waals surface area contributed by atoms with Crippen LogP contribution in [0.2, 0.25) is 0 Å². The molecular weight excluding hydrogens is 152 g/mol. The average molecular weight is 162 g/mol. The quantitative estimate of drug-likeness (QED) is 0.663. The molecule has 3 heteroatoms. The Labute approximate surface area is 84.4 Å². The zero-order chi connectivity index (χ0) is 7.40. The molecule has 0 bridgehead atoms. The van der Waals surface area contributed by atoms with Crippen LogP contribution in [0.1, 0.15) is 8.42 Å². The van der Waals surface area contributed by atoms with E-state index in [2.05, 4.69) is 0 Å². The predicted molar refractivity (Wildman–Crippen MR) is 45.8 cm³/mol. The molecule has 0 atom stereocenters. The van der Waals surface area contributed by atoms with Gasteiger partial charge in [0.1, 0.15) is 0 Å². The summed E-state index contributed by atoms with van der Waals surface area (Å²) in [6, 6.07) is 9.13. The van der Waals surface area contributed by atoms with Gasteiger partial charge in [0, 0.05) is 0 Å². The minimum Gasteiger partial charge on any atom is -1.00 e. The molecule has 0 saturated heterocycles. The Kier molecular flexibility index (Phi) is 4.90. The van der Waals surface area contributed by atoms with E-state index < -0.39 is 5.97 Å². The maximum Gasteiger partial charge on any atom is 2.00 e. The number of rotatable bonds is 2. The number of carboxylic acids is 1. The van der Waals surface area contributed by atoms with Gasteiger partial charge in [0.25, 0.3) is 0 Å². The Bertz CT molecular complexity index is 229. The van der Waals surface area contributed by atoms with Crippen LogP contribution in [0.3, 0.4) is 0 Å². The first-order chi connectivity index (χ1) is 4.79. The van der Waals surface area contributed by atoms with Gasteiger partial charge in [-0.05, 0) is 5.56 Å². The average Bonchev–Trinajstić information content (AvgIpc) is 1.88. The zero-order valence-electron chi connectivity index (χ0n) is 8.16. The van der Waals surface area contributed by atoms with Gasteiger partial charge in [0.15, 0.2) is 0 Å². The summed E-state index contributed by atoms with van der Waals surface area (Å²) in [5, 5.41) is 8.37. The molecule has 0 aliphatic carbocycles. The molecule has 1 aromatic carbocycles. The molecule has 2 nitrogen and oxygen atoms in total. The maximum atomic E-state index is 10.2.